The summed E-state index contributed by atoms with van der Waals surface area (Å²) in [6.07, 6.45) is 0.882. The molecule has 0 aliphatic rings. The number of hydrogen-bond donors (Lipinski definition) is 1. The molecule has 0 unspecified atom stereocenters. The molecule has 2 heterocycles. The molecule has 0 saturated heterocycles. The van der Waals surface area contributed by atoms with Gasteiger partial charge >= 0.3 is 0 Å². The molecule has 5 heteroatoms. The van der Waals surface area contributed by atoms with Crippen LogP contribution in [0.5, 0.6) is 0 Å². The van der Waals surface area contributed by atoms with E-state index in [0.29, 0.717) is 5.95 Å². The minimum atomic E-state index is 0.575. The van der Waals surface area contributed by atoms with Crippen molar-refractivity contribution >= 4 is 28.3 Å². The van der Waals surface area contributed by atoms with E-state index in [1.54, 1.807) is 11.3 Å². The standard InChI is InChI=1S/C13H14N4S/c1-9-2-3-12-11(6-9)16-13(14)17(12)5-4-10-7-18-8-15-10/h2-3,6-8H,4-5H2,1H3,(H2,14,16). The van der Waals surface area contributed by atoms with Gasteiger partial charge < -0.3 is 10.3 Å². The highest BCUT2D eigenvalue weighted by molar-refractivity contribution is 7.07. The second-order valence-corrected chi connectivity index (χ2v) is 5.06. The van der Waals surface area contributed by atoms with Crippen LogP contribution in [0.2, 0.25) is 0 Å². The van der Waals surface area contributed by atoms with Crippen molar-refractivity contribution in [1.82, 2.24) is 14.5 Å². The molecular weight excluding hydrogens is 244 g/mol. The molecule has 92 valence electrons. The Hall–Kier alpha value is -1.88. The van der Waals surface area contributed by atoms with Gasteiger partial charge in [0.15, 0.2) is 0 Å². The van der Waals surface area contributed by atoms with Crippen LogP contribution in [0.25, 0.3) is 11.0 Å². The van der Waals surface area contributed by atoms with Gasteiger partial charge in [-0.05, 0) is 24.6 Å². The third-order valence-electron chi connectivity index (χ3n) is 3.01. The zero-order valence-electron chi connectivity index (χ0n) is 10.1. The van der Waals surface area contributed by atoms with Crippen LogP contribution in [-0.2, 0) is 13.0 Å². The first kappa shape index (κ1) is 11.2. The lowest BCUT2D eigenvalue weighted by atomic mass is 10.2. The number of fused-ring (bicyclic) bond motifs is 1. The molecule has 3 aromatic rings. The van der Waals surface area contributed by atoms with Gasteiger partial charge in [-0.15, -0.1) is 11.3 Å². The lowest BCUT2D eigenvalue weighted by Crippen LogP contribution is -2.05. The molecule has 0 bridgehead atoms. The Kier molecular flexibility index (Phi) is 2.76. The second kappa shape index (κ2) is 4.42. The van der Waals surface area contributed by atoms with Crippen LogP contribution in [-0.4, -0.2) is 14.5 Å². The first-order valence-corrected chi connectivity index (χ1v) is 6.78. The normalized spacial score (nSPS) is 11.2. The maximum absolute atomic E-state index is 5.98. The van der Waals surface area contributed by atoms with E-state index in [1.807, 2.05) is 10.1 Å². The van der Waals surface area contributed by atoms with E-state index in [1.165, 1.54) is 5.56 Å². The summed E-state index contributed by atoms with van der Waals surface area (Å²) in [4.78, 5) is 8.68. The Balaban J connectivity index is 1.93. The number of thiazole rings is 1. The van der Waals surface area contributed by atoms with E-state index < -0.39 is 0 Å². The Morgan fingerprint density at radius 3 is 3.06 bits per heavy atom. The van der Waals surface area contributed by atoms with Crippen LogP contribution < -0.4 is 5.73 Å². The van der Waals surface area contributed by atoms with Crippen LogP contribution in [0.4, 0.5) is 5.95 Å². The predicted octanol–water partition coefficient (Wildman–Crippen LogP) is 2.63. The summed E-state index contributed by atoms with van der Waals surface area (Å²) in [6.45, 7) is 2.87. The van der Waals surface area contributed by atoms with Crippen molar-refractivity contribution in [2.45, 2.75) is 19.9 Å². The van der Waals surface area contributed by atoms with Crippen molar-refractivity contribution in [1.29, 1.82) is 0 Å². The van der Waals surface area contributed by atoms with Crippen molar-refractivity contribution < 1.29 is 0 Å². The van der Waals surface area contributed by atoms with Gasteiger partial charge in [0.1, 0.15) is 0 Å². The first-order valence-electron chi connectivity index (χ1n) is 5.83. The Labute approximate surface area is 109 Å². The number of rotatable bonds is 3. The van der Waals surface area contributed by atoms with E-state index in [0.717, 1.165) is 29.7 Å². The average Bonchev–Trinajstić information content (AvgIpc) is 2.93. The number of benzene rings is 1. The fraction of sp³-hybridized carbons (Fsp3) is 0.231. The number of nitrogens with two attached hydrogens (primary N) is 1. The lowest BCUT2D eigenvalue weighted by molar-refractivity contribution is 0.716. The highest BCUT2D eigenvalue weighted by Crippen LogP contribution is 2.19. The van der Waals surface area contributed by atoms with Crippen LogP contribution >= 0.6 is 11.3 Å². The molecule has 4 nitrogen and oxygen atoms in total. The van der Waals surface area contributed by atoms with Gasteiger partial charge in [-0.2, -0.15) is 0 Å². The highest BCUT2D eigenvalue weighted by Gasteiger charge is 2.08. The highest BCUT2D eigenvalue weighted by atomic mass is 32.1. The van der Waals surface area contributed by atoms with Crippen LogP contribution in [0.15, 0.2) is 29.1 Å². The smallest absolute Gasteiger partial charge is 0.201 e. The number of nitrogen functional groups attached to an aromatic ring is 1. The van der Waals surface area contributed by atoms with E-state index in [4.69, 9.17) is 5.73 Å². The molecule has 18 heavy (non-hydrogen) atoms. The minimum absolute atomic E-state index is 0.575. The van der Waals surface area contributed by atoms with Gasteiger partial charge in [0.25, 0.3) is 0 Å². The fourth-order valence-corrected chi connectivity index (χ4v) is 2.67. The van der Waals surface area contributed by atoms with Crippen molar-refractivity contribution in [2.75, 3.05) is 5.73 Å². The Bertz CT molecular complexity index is 670. The van der Waals surface area contributed by atoms with Crippen LogP contribution in [0.1, 0.15) is 11.3 Å². The van der Waals surface area contributed by atoms with Crippen molar-refractivity contribution in [3.8, 4) is 0 Å². The largest absolute Gasteiger partial charge is 0.369 e. The molecule has 3 rings (SSSR count). The Morgan fingerprint density at radius 1 is 1.39 bits per heavy atom. The maximum Gasteiger partial charge on any atom is 0.201 e. The van der Waals surface area contributed by atoms with Crippen molar-refractivity contribution in [3.63, 3.8) is 0 Å². The predicted molar refractivity (Wildman–Crippen MR) is 74.7 cm³/mol. The van der Waals surface area contributed by atoms with Crippen LogP contribution in [0, 0.1) is 6.92 Å². The van der Waals surface area contributed by atoms with E-state index >= 15 is 0 Å². The summed E-state index contributed by atoms with van der Waals surface area (Å²) in [6, 6.07) is 6.23. The summed E-state index contributed by atoms with van der Waals surface area (Å²) in [7, 11) is 0. The maximum atomic E-state index is 5.98. The Morgan fingerprint density at radius 2 is 2.28 bits per heavy atom. The topological polar surface area (TPSA) is 56.7 Å². The minimum Gasteiger partial charge on any atom is -0.369 e. The molecule has 2 N–H and O–H groups in total. The number of aryl methyl sites for hydroxylation is 3. The van der Waals surface area contributed by atoms with Gasteiger partial charge in [0, 0.05) is 18.3 Å². The molecular formula is C13H14N4S. The third-order valence-corrected chi connectivity index (χ3v) is 3.64. The number of anilines is 1. The molecule has 2 aromatic heterocycles. The number of hydrogen-bond acceptors (Lipinski definition) is 4. The van der Waals surface area contributed by atoms with Crippen molar-refractivity contribution in [2.24, 2.45) is 0 Å². The van der Waals surface area contributed by atoms with Gasteiger partial charge in [0.2, 0.25) is 5.95 Å². The zero-order valence-corrected chi connectivity index (χ0v) is 10.9. The monoisotopic (exact) mass is 258 g/mol. The molecule has 0 radical (unpaired) electrons. The van der Waals surface area contributed by atoms with Crippen LogP contribution in [0.3, 0.4) is 0 Å². The van der Waals surface area contributed by atoms with E-state index in [9.17, 15) is 0 Å². The van der Waals surface area contributed by atoms with Crippen molar-refractivity contribution in [3.05, 3.63) is 40.3 Å². The van der Waals surface area contributed by atoms with Gasteiger partial charge in [-0.25, -0.2) is 9.97 Å². The van der Waals surface area contributed by atoms with Gasteiger partial charge in [0.05, 0.1) is 22.2 Å². The summed E-state index contributed by atoms with van der Waals surface area (Å²) >= 11 is 1.62. The van der Waals surface area contributed by atoms with E-state index in [2.05, 4.69) is 40.5 Å². The fourth-order valence-electron chi connectivity index (χ4n) is 2.08. The number of imidazole rings is 1. The summed E-state index contributed by atoms with van der Waals surface area (Å²) in [5.74, 6) is 0.575. The second-order valence-electron chi connectivity index (χ2n) is 4.34. The lowest BCUT2D eigenvalue weighted by Gasteiger charge is -2.05. The SMILES string of the molecule is Cc1ccc2c(c1)nc(N)n2CCc1cscn1. The molecule has 0 fully saturated rings. The zero-order chi connectivity index (χ0) is 12.5. The van der Waals surface area contributed by atoms with Gasteiger partial charge in [-0.1, -0.05) is 6.07 Å². The third kappa shape index (κ3) is 1.97. The number of aromatic nitrogens is 3. The summed E-state index contributed by atoms with van der Waals surface area (Å²) < 4.78 is 2.05. The number of nitrogens with zero attached hydrogens (tertiary/aromatic N) is 3. The molecule has 0 amide bonds. The first-order chi connectivity index (χ1) is 8.74. The van der Waals surface area contributed by atoms with Gasteiger partial charge in [-0.3, -0.25) is 0 Å². The van der Waals surface area contributed by atoms with E-state index in [-0.39, 0.29) is 0 Å². The molecule has 0 atom stereocenters. The molecule has 0 aliphatic heterocycles. The molecule has 0 spiro atoms. The average molecular weight is 258 g/mol. The molecule has 1 aromatic carbocycles. The molecule has 0 aliphatic carbocycles. The summed E-state index contributed by atoms with van der Waals surface area (Å²) in [5, 5.41) is 2.07. The summed E-state index contributed by atoms with van der Waals surface area (Å²) in [5.41, 5.74) is 12.2. The quantitative estimate of drug-likeness (QED) is 0.785. The molecule has 0 saturated carbocycles.